The summed E-state index contributed by atoms with van der Waals surface area (Å²) in [5.41, 5.74) is 3.31. The molecule has 2 aromatic carbocycles. The third-order valence-corrected chi connectivity index (χ3v) is 8.33. The Kier molecular flexibility index (Phi) is 6.45. The Labute approximate surface area is 208 Å². The number of ether oxygens (including phenoxy) is 1. The molecule has 1 aromatic heterocycles. The van der Waals surface area contributed by atoms with Gasteiger partial charge in [0.2, 0.25) is 21.9 Å². The number of methoxy groups -OCH3 is 1. The van der Waals surface area contributed by atoms with Crippen molar-refractivity contribution >= 4 is 44.9 Å². The van der Waals surface area contributed by atoms with E-state index in [2.05, 4.69) is 20.6 Å². The molecule has 0 aliphatic carbocycles. The zero-order chi connectivity index (χ0) is 24.6. The average Bonchev–Trinajstić information content (AvgIpc) is 3.25. The molecular formula is C24H24ClN5O4S. The zero-order valence-corrected chi connectivity index (χ0v) is 20.6. The van der Waals surface area contributed by atoms with Crippen LogP contribution in [0.4, 0.5) is 17.3 Å². The molecule has 0 radical (unpaired) electrons. The van der Waals surface area contributed by atoms with Gasteiger partial charge in [0.1, 0.15) is 0 Å². The molecule has 2 aliphatic heterocycles. The molecule has 3 aromatic rings. The maximum Gasteiger partial charge on any atom is 0.243 e. The van der Waals surface area contributed by atoms with E-state index in [9.17, 15) is 13.2 Å². The molecule has 2 aliphatic rings. The smallest absolute Gasteiger partial charge is 0.243 e. The van der Waals surface area contributed by atoms with Crippen molar-refractivity contribution < 1.29 is 17.9 Å². The number of fused-ring (bicyclic) bond motifs is 3. The van der Waals surface area contributed by atoms with Crippen LogP contribution in [0.25, 0.3) is 11.3 Å². The van der Waals surface area contributed by atoms with Gasteiger partial charge in [-0.1, -0.05) is 11.6 Å². The Morgan fingerprint density at radius 3 is 2.80 bits per heavy atom. The van der Waals surface area contributed by atoms with Crippen LogP contribution in [0.3, 0.4) is 0 Å². The van der Waals surface area contributed by atoms with E-state index in [1.165, 1.54) is 4.31 Å². The quantitative estimate of drug-likeness (QED) is 0.515. The second kappa shape index (κ2) is 9.54. The van der Waals surface area contributed by atoms with E-state index in [4.69, 9.17) is 16.3 Å². The molecular weight excluding hydrogens is 490 g/mol. The molecule has 0 unspecified atom stereocenters. The molecule has 1 fully saturated rings. The van der Waals surface area contributed by atoms with Crippen molar-refractivity contribution in [3.05, 3.63) is 59.2 Å². The second-order valence-corrected chi connectivity index (χ2v) is 10.8. The molecule has 0 saturated carbocycles. The van der Waals surface area contributed by atoms with Gasteiger partial charge in [-0.05, 0) is 55.3 Å². The van der Waals surface area contributed by atoms with Gasteiger partial charge >= 0.3 is 0 Å². The highest BCUT2D eigenvalue weighted by molar-refractivity contribution is 7.89. The topological polar surface area (TPSA) is 114 Å². The fraction of sp³-hybridized carbons (Fsp3) is 0.292. The lowest BCUT2D eigenvalue weighted by molar-refractivity contribution is -0.115. The van der Waals surface area contributed by atoms with Gasteiger partial charge < -0.3 is 15.4 Å². The normalized spacial score (nSPS) is 17.9. The molecule has 11 heteroatoms. The minimum absolute atomic E-state index is 0.144. The molecule has 0 bridgehead atoms. The number of carbonyl (C=O) groups is 1. The number of rotatable bonds is 6. The number of hydrogen-bond donors (Lipinski definition) is 2. The van der Waals surface area contributed by atoms with Gasteiger partial charge in [0.05, 0.1) is 29.3 Å². The van der Waals surface area contributed by atoms with Crippen LogP contribution in [-0.4, -0.2) is 54.9 Å². The van der Waals surface area contributed by atoms with Crippen molar-refractivity contribution in [1.29, 1.82) is 0 Å². The highest BCUT2D eigenvalue weighted by Gasteiger charge is 2.35. The van der Waals surface area contributed by atoms with Gasteiger partial charge in [0.25, 0.3) is 0 Å². The highest BCUT2D eigenvalue weighted by Crippen LogP contribution is 2.35. The van der Waals surface area contributed by atoms with Crippen LogP contribution in [0.5, 0.6) is 0 Å². The number of carbonyl (C=O) groups excluding carboxylic acids is 1. The summed E-state index contributed by atoms with van der Waals surface area (Å²) < 4.78 is 33.0. The number of nitrogens with zero attached hydrogens (tertiary/aromatic N) is 3. The summed E-state index contributed by atoms with van der Waals surface area (Å²) in [6.07, 6.45) is 3.38. The highest BCUT2D eigenvalue weighted by atomic mass is 35.5. The fourth-order valence-electron chi connectivity index (χ4n) is 4.48. The summed E-state index contributed by atoms with van der Waals surface area (Å²) in [5, 5.41) is 6.49. The van der Waals surface area contributed by atoms with E-state index in [-0.39, 0.29) is 23.3 Å². The third-order valence-electron chi connectivity index (χ3n) is 6.13. The van der Waals surface area contributed by atoms with E-state index < -0.39 is 10.0 Å². The van der Waals surface area contributed by atoms with Crippen molar-refractivity contribution in [1.82, 2.24) is 14.3 Å². The van der Waals surface area contributed by atoms with Gasteiger partial charge in [-0.25, -0.2) is 18.4 Å². The number of aromatic nitrogens is 2. The van der Waals surface area contributed by atoms with Crippen molar-refractivity contribution in [2.75, 3.05) is 30.9 Å². The van der Waals surface area contributed by atoms with Crippen LogP contribution < -0.4 is 10.6 Å². The number of nitrogens with one attached hydrogen (secondary N) is 2. The van der Waals surface area contributed by atoms with Crippen molar-refractivity contribution in [2.45, 2.75) is 30.2 Å². The van der Waals surface area contributed by atoms with Gasteiger partial charge in [0, 0.05) is 47.7 Å². The van der Waals surface area contributed by atoms with Gasteiger partial charge in [-0.3, -0.25) is 4.79 Å². The Hall–Kier alpha value is -3.05. The molecule has 1 atom stereocenters. The van der Waals surface area contributed by atoms with Gasteiger partial charge in [-0.2, -0.15) is 4.31 Å². The zero-order valence-electron chi connectivity index (χ0n) is 19.0. The first-order valence-electron chi connectivity index (χ1n) is 11.2. The average molecular weight is 514 g/mol. The number of amides is 1. The molecule has 35 heavy (non-hydrogen) atoms. The summed E-state index contributed by atoms with van der Waals surface area (Å²) >= 11 is 6.10. The summed E-state index contributed by atoms with van der Waals surface area (Å²) in [6, 6.07) is 11.6. The van der Waals surface area contributed by atoms with Crippen LogP contribution in [0.2, 0.25) is 5.02 Å². The van der Waals surface area contributed by atoms with Crippen LogP contribution in [0.15, 0.2) is 53.6 Å². The third kappa shape index (κ3) is 4.74. The Bertz CT molecular complexity index is 1380. The molecule has 9 nitrogen and oxygen atoms in total. The lowest BCUT2D eigenvalue weighted by Crippen LogP contribution is -2.38. The van der Waals surface area contributed by atoms with E-state index >= 15 is 0 Å². The first-order valence-corrected chi connectivity index (χ1v) is 13.0. The summed E-state index contributed by atoms with van der Waals surface area (Å²) in [4.78, 5) is 21.5. The predicted octanol–water partition coefficient (Wildman–Crippen LogP) is 3.83. The molecule has 0 spiro atoms. The van der Waals surface area contributed by atoms with E-state index in [1.54, 1.807) is 49.7 Å². The maximum absolute atomic E-state index is 13.1. The molecule has 5 rings (SSSR count). The van der Waals surface area contributed by atoms with Gasteiger partial charge in [0.15, 0.2) is 0 Å². The van der Waals surface area contributed by atoms with E-state index in [0.717, 1.165) is 18.4 Å². The molecule has 1 amide bonds. The van der Waals surface area contributed by atoms with Crippen molar-refractivity contribution in [2.24, 2.45) is 0 Å². The minimum atomic E-state index is -3.61. The minimum Gasteiger partial charge on any atom is -0.383 e. The predicted molar refractivity (Wildman–Crippen MR) is 133 cm³/mol. The Balaban J connectivity index is 1.39. The Morgan fingerprint density at radius 2 is 2.03 bits per heavy atom. The van der Waals surface area contributed by atoms with Crippen LogP contribution in [0.1, 0.15) is 18.4 Å². The fourth-order valence-corrected chi connectivity index (χ4v) is 6.33. The van der Waals surface area contributed by atoms with Crippen LogP contribution >= 0.6 is 11.6 Å². The first kappa shape index (κ1) is 23.7. The molecule has 2 N–H and O–H groups in total. The van der Waals surface area contributed by atoms with Crippen molar-refractivity contribution in [3.63, 3.8) is 0 Å². The van der Waals surface area contributed by atoms with Crippen LogP contribution in [0, 0.1) is 0 Å². The standard InChI is InChI=1S/C24H24ClN5O4S/c1-34-14-18-3-2-10-30(18)35(32,33)19-7-5-17(6-8-19)27-24-26-13-15-11-22(31)28-21-12-16(25)4-9-20(21)23(15)29-24/h4-9,12-13,18H,2-3,10-11,14H2,1H3,(H,28,31)(H,26,27,29)/t18-/m0/s1. The van der Waals surface area contributed by atoms with E-state index in [1.807, 2.05) is 6.07 Å². The van der Waals surface area contributed by atoms with Gasteiger partial charge in [-0.15, -0.1) is 0 Å². The lowest BCUT2D eigenvalue weighted by atomic mass is 10.1. The largest absolute Gasteiger partial charge is 0.383 e. The number of sulfonamides is 1. The summed E-state index contributed by atoms with van der Waals surface area (Å²) in [5.74, 6) is 0.161. The maximum atomic E-state index is 13.1. The second-order valence-electron chi connectivity index (χ2n) is 8.50. The van der Waals surface area contributed by atoms with Crippen LogP contribution in [-0.2, 0) is 26.0 Å². The number of halogens is 1. The number of benzene rings is 2. The molecule has 182 valence electrons. The first-order chi connectivity index (χ1) is 16.8. The summed E-state index contributed by atoms with van der Waals surface area (Å²) in [7, 11) is -2.03. The lowest BCUT2D eigenvalue weighted by Gasteiger charge is -2.23. The van der Waals surface area contributed by atoms with Crippen molar-refractivity contribution in [3.8, 4) is 11.3 Å². The molecule has 1 saturated heterocycles. The SMILES string of the molecule is COC[C@@H]1CCCN1S(=O)(=O)c1ccc(Nc2ncc3c(n2)-c2ccc(Cl)cc2NC(=O)C3)cc1. The number of hydrogen-bond acceptors (Lipinski definition) is 7. The number of anilines is 3. The van der Waals surface area contributed by atoms with E-state index in [0.29, 0.717) is 46.8 Å². The summed E-state index contributed by atoms with van der Waals surface area (Å²) in [6.45, 7) is 0.869. The molecule has 3 heterocycles. The Morgan fingerprint density at radius 1 is 1.23 bits per heavy atom. The monoisotopic (exact) mass is 513 g/mol.